The molecule has 0 amide bonds. The highest BCUT2D eigenvalue weighted by Gasteiger charge is 2.38. The highest BCUT2D eigenvalue weighted by atomic mass is 19.1. The first kappa shape index (κ1) is 21.5. The van der Waals surface area contributed by atoms with Crippen molar-refractivity contribution in [1.82, 2.24) is 10.2 Å². The van der Waals surface area contributed by atoms with E-state index in [-0.39, 0.29) is 17.2 Å². The molecule has 3 aliphatic rings. The summed E-state index contributed by atoms with van der Waals surface area (Å²) in [6.45, 7) is 3.26. The number of hydrogen-bond acceptors (Lipinski definition) is 5. The average molecular weight is 426 g/mol. The molecule has 3 fully saturated rings. The van der Waals surface area contributed by atoms with Crippen LogP contribution in [-0.2, 0) is 16.0 Å². The number of hydrogen-bond donors (Lipinski definition) is 2. The summed E-state index contributed by atoms with van der Waals surface area (Å²) in [5.41, 5.74) is 1.42. The second kappa shape index (κ2) is 9.58. The standard InChI is InChI=1S/C24H27FN2O4/c25-20-4-2-1-3-19(20)22(24(30)31-21-15-27-13-10-17(21)11-14-27)26-12-9-16-5-7-18(8-6-16)23(28)29/h1-8,17,21-22,26H,9-15H2,(H,28,29)/t21-,22?/m0/s1. The van der Waals surface area contributed by atoms with E-state index in [1.165, 1.54) is 6.07 Å². The smallest absolute Gasteiger partial charge is 0.335 e. The van der Waals surface area contributed by atoms with E-state index in [2.05, 4.69) is 10.2 Å². The van der Waals surface area contributed by atoms with Gasteiger partial charge in [0.25, 0.3) is 0 Å². The van der Waals surface area contributed by atoms with Gasteiger partial charge in [-0.3, -0.25) is 4.90 Å². The number of aromatic carboxylic acids is 1. The van der Waals surface area contributed by atoms with E-state index in [9.17, 15) is 14.0 Å². The van der Waals surface area contributed by atoms with E-state index in [0.717, 1.165) is 38.0 Å². The van der Waals surface area contributed by atoms with E-state index < -0.39 is 23.8 Å². The van der Waals surface area contributed by atoms with Crippen molar-refractivity contribution in [2.24, 2.45) is 5.92 Å². The third-order valence-electron chi connectivity index (χ3n) is 6.28. The molecule has 0 aliphatic carbocycles. The lowest BCUT2D eigenvalue weighted by Crippen LogP contribution is -2.52. The molecular weight excluding hydrogens is 399 g/mol. The largest absolute Gasteiger partial charge is 0.478 e. The molecule has 7 heteroatoms. The molecular formula is C24H27FN2O4. The molecule has 5 rings (SSSR count). The average Bonchev–Trinajstić information content (AvgIpc) is 2.78. The van der Waals surface area contributed by atoms with Gasteiger partial charge in [-0.15, -0.1) is 0 Å². The SMILES string of the molecule is O=C(O)c1ccc(CCNC(C(=O)O[C@H]2CN3CCC2CC3)c2ccccc2F)cc1. The maximum atomic E-state index is 14.5. The molecule has 1 unspecified atom stereocenters. The minimum atomic E-state index is -0.972. The second-order valence-electron chi connectivity index (χ2n) is 8.27. The van der Waals surface area contributed by atoms with Gasteiger partial charge < -0.3 is 15.2 Å². The Bertz CT molecular complexity index is 925. The number of ether oxygens (including phenoxy) is 1. The maximum Gasteiger partial charge on any atom is 0.335 e. The molecule has 3 saturated heterocycles. The van der Waals surface area contributed by atoms with Crippen LogP contribution in [0.2, 0.25) is 0 Å². The monoisotopic (exact) mass is 426 g/mol. The lowest BCUT2D eigenvalue weighted by Gasteiger charge is -2.44. The summed E-state index contributed by atoms with van der Waals surface area (Å²) in [5.74, 6) is -1.50. The molecule has 6 nitrogen and oxygen atoms in total. The van der Waals surface area contributed by atoms with Gasteiger partial charge >= 0.3 is 11.9 Å². The van der Waals surface area contributed by atoms with Gasteiger partial charge in [0.1, 0.15) is 18.0 Å². The Hall–Kier alpha value is -2.77. The van der Waals surface area contributed by atoms with Gasteiger partial charge in [-0.2, -0.15) is 0 Å². The molecule has 0 aromatic heterocycles. The van der Waals surface area contributed by atoms with Crippen molar-refractivity contribution in [1.29, 1.82) is 0 Å². The topological polar surface area (TPSA) is 78.9 Å². The lowest BCUT2D eigenvalue weighted by atomic mass is 9.86. The minimum absolute atomic E-state index is 0.144. The van der Waals surface area contributed by atoms with Crippen LogP contribution in [0.15, 0.2) is 48.5 Å². The molecule has 31 heavy (non-hydrogen) atoms. The number of esters is 1. The first-order chi connectivity index (χ1) is 15.0. The van der Waals surface area contributed by atoms with E-state index in [0.29, 0.717) is 18.9 Å². The van der Waals surface area contributed by atoms with E-state index in [4.69, 9.17) is 9.84 Å². The van der Waals surface area contributed by atoms with Gasteiger partial charge in [0, 0.05) is 18.7 Å². The molecule has 164 valence electrons. The van der Waals surface area contributed by atoms with Crippen molar-refractivity contribution >= 4 is 11.9 Å². The van der Waals surface area contributed by atoms with E-state index >= 15 is 0 Å². The predicted molar refractivity (Wildman–Crippen MR) is 113 cm³/mol. The molecule has 2 aromatic carbocycles. The Morgan fingerprint density at radius 3 is 2.45 bits per heavy atom. The third kappa shape index (κ3) is 5.11. The van der Waals surface area contributed by atoms with Crippen LogP contribution >= 0.6 is 0 Å². The number of nitrogens with one attached hydrogen (secondary N) is 1. The first-order valence-electron chi connectivity index (χ1n) is 10.7. The van der Waals surface area contributed by atoms with Crippen molar-refractivity contribution in [3.63, 3.8) is 0 Å². The van der Waals surface area contributed by atoms with Crippen molar-refractivity contribution in [3.8, 4) is 0 Å². The van der Waals surface area contributed by atoms with Crippen LogP contribution in [0.4, 0.5) is 4.39 Å². The van der Waals surface area contributed by atoms with Crippen molar-refractivity contribution in [2.75, 3.05) is 26.2 Å². The summed E-state index contributed by atoms with van der Waals surface area (Å²) in [4.78, 5) is 26.4. The van der Waals surface area contributed by atoms with Crippen LogP contribution in [0.1, 0.15) is 40.4 Å². The predicted octanol–water partition coefficient (Wildman–Crippen LogP) is 3.03. The summed E-state index contributed by atoms with van der Waals surface area (Å²) in [5, 5.41) is 12.2. The number of carbonyl (C=O) groups excluding carboxylic acids is 1. The van der Waals surface area contributed by atoms with E-state index in [1.807, 2.05) is 0 Å². The van der Waals surface area contributed by atoms with Gasteiger partial charge in [-0.1, -0.05) is 30.3 Å². The molecule has 0 radical (unpaired) electrons. The Balaban J connectivity index is 1.42. The third-order valence-corrected chi connectivity index (χ3v) is 6.28. The highest BCUT2D eigenvalue weighted by Crippen LogP contribution is 2.31. The molecule has 0 spiro atoms. The van der Waals surface area contributed by atoms with Crippen LogP contribution < -0.4 is 5.32 Å². The zero-order chi connectivity index (χ0) is 21.8. The van der Waals surface area contributed by atoms with Gasteiger partial charge in [-0.05, 0) is 62.0 Å². The fraction of sp³-hybridized carbons (Fsp3) is 0.417. The number of carbonyl (C=O) groups is 2. The minimum Gasteiger partial charge on any atom is -0.478 e. The molecule has 2 aromatic rings. The Morgan fingerprint density at radius 2 is 1.84 bits per heavy atom. The molecule has 2 bridgehead atoms. The van der Waals surface area contributed by atoms with Crippen LogP contribution in [0.25, 0.3) is 0 Å². The Morgan fingerprint density at radius 1 is 1.13 bits per heavy atom. The van der Waals surface area contributed by atoms with Crippen LogP contribution in [0, 0.1) is 11.7 Å². The van der Waals surface area contributed by atoms with Crippen molar-refractivity contribution in [3.05, 3.63) is 71.0 Å². The lowest BCUT2D eigenvalue weighted by molar-refractivity contribution is -0.161. The number of fused-ring (bicyclic) bond motifs is 3. The zero-order valence-corrected chi connectivity index (χ0v) is 17.3. The zero-order valence-electron chi connectivity index (χ0n) is 17.3. The van der Waals surface area contributed by atoms with Gasteiger partial charge in [0.15, 0.2) is 0 Å². The molecule has 2 atom stereocenters. The summed E-state index contributed by atoms with van der Waals surface area (Å²) in [7, 11) is 0. The molecule has 0 saturated carbocycles. The number of nitrogens with zero attached hydrogens (tertiary/aromatic N) is 1. The number of benzene rings is 2. The van der Waals surface area contributed by atoms with Gasteiger partial charge in [0.05, 0.1) is 5.56 Å². The van der Waals surface area contributed by atoms with Crippen molar-refractivity contribution in [2.45, 2.75) is 31.4 Å². The normalized spacial score (nSPS) is 23.3. The van der Waals surface area contributed by atoms with Crippen molar-refractivity contribution < 1.29 is 23.8 Å². The van der Waals surface area contributed by atoms with Crippen LogP contribution in [0.3, 0.4) is 0 Å². The molecule has 3 heterocycles. The quantitative estimate of drug-likeness (QED) is 0.632. The summed E-state index contributed by atoms with van der Waals surface area (Å²) in [6.07, 6.45) is 2.48. The first-order valence-corrected chi connectivity index (χ1v) is 10.7. The summed E-state index contributed by atoms with van der Waals surface area (Å²) in [6, 6.07) is 11.9. The fourth-order valence-electron chi connectivity index (χ4n) is 4.47. The Labute approximate surface area is 181 Å². The maximum absolute atomic E-state index is 14.5. The summed E-state index contributed by atoms with van der Waals surface area (Å²) < 4.78 is 20.4. The number of rotatable bonds is 8. The number of carboxylic acids is 1. The summed E-state index contributed by atoms with van der Waals surface area (Å²) >= 11 is 0. The van der Waals surface area contributed by atoms with E-state index in [1.54, 1.807) is 42.5 Å². The Kier molecular flexibility index (Phi) is 6.63. The van der Waals surface area contributed by atoms with Crippen LogP contribution in [-0.4, -0.2) is 54.2 Å². The fourth-order valence-corrected chi connectivity index (χ4v) is 4.47. The number of halogens is 1. The highest BCUT2D eigenvalue weighted by molar-refractivity contribution is 5.87. The molecule has 2 N–H and O–H groups in total. The molecule has 3 aliphatic heterocycles. The van der Waals surface area contributed by atoms with Gasteiger partial charge in [0.2, 0.25) is 0 Å². The second-order valence-corrected chi connectivity index (χ2v) is 8.27. The number of piperidine rings is 3. The van der Waals surface area contributed by atoms with Crippen LogP contribution in [0.5, 0.6) is 0 Å². The number of carboxylic acid groups (broad SMARTS) is 1. The van der Waals surface area contributed by atoms with Gasteiger partial charge in [-0.25, -0.2) is 14.0 Å².